The van der Waals surface area contributed by atoms with Crippen LogP contribution in [-0.2, 0) is 4.79 Å². The topological polar surface area (TPSA) is 68.9 Å². The van der Waals surface area contributed by atoms with Crippen molar-refractivity contribution in [1.82, 2.24) is 4.90 Å². The van der Waals surface area contributed by atoms with Crippen LogP contribution in [0.25, 0.3) is 6.08 Å². The van der Waals surface area contributed by atoms with Gasteiger partial charge >= 0.3 is 0 Å². The number of fused-ring (bicyclic) bond motifs is 1. The molecule has 0 bridgehead atoms. The molecule has 0 saturated carbocycles. The minimum absolute atomic E-state index is 0.105. The van der Waals surface area contributed by atoms with Crippen molar-refractivity contribution in [2.45, 2.75) is 0 Å². The normalized spacial score (nSPS) is 17.6. The first kappa shape index (κ1) is 17.2. The standard InChI is InChI=1S/C20H16N4O2S/c1-26-17-8-4-14(5-9-17)10-18-19(25)24-12-23(13-27-20(24)22-18)16-6-2-15(11-21)3-7-16/h2-10H,12-13H2,1H3/b18-10-. The number of carbonyl (C=O) groups excluding carboxylic acids is 1. The zero-order chi connectivity index (χ0) is 18.8. The van der Waals surface area contributed by atoms with Gasteiger partial charge in [-0.15, -0.1) is 0 Å². The van der Waals surface area contributed by atoms with E-state index in [1.165, 1.54) is 11.8 Å². The smallest absolute Gasteiger partial charge is 0.280 e. The fourth-order valence-corrected chi connectivity index (χ4v) is 3.83. The van der Waals surface area contributed by atoms with Crippen molar-refractivity contribution in [1.29, 1.82) is 5.26 Å². The lowest BCUT2D eigenvalue weighted by Crippen LogP contribution is -2.46. The number of anilines is 1. The Kier molecular flexibility index (Phi) is 4.57. The van der Waals surface area contributed by atoms with Gasteiger partial charge in [0.25, 0.3) is 5.91 Å². The second-order valence-corrected chi connectivity index (χ2v) is 6.96. The Balaban J connectivity index is 1.52. The number of hydrogen-bond acceptors (Lipinski definition) is 6. The van der Waals surface area contributed by atoms with Crippen molar-refractivity contribution in [2.24, 2.45) is 4.99 Å². The third-order valence-corrected chi connectivity index (χ3v) is 5.36. The Morgan fingerprint density at radius 2 is 1.93 bits per heavy atom. The van der Waals surface area contributed by atoms with Crippen LogP contribution in [-0.4, -0.2) is 35.6 Å². The molecule has 134 valence electrons. The first-order valence-corrected chi connectivity index (χ1v) is 9.31. The fraction of sp³-hybridized carbons (Fsp3) is 0.150. The summed E-state index contributed by atoms with van der Waals surface area (Å²) in [6, 6.07) is 17.0. The summed E-state index contributed by atoms with van der Waals surface area (Å²) in [7, 11) is 1.62. The van der Waals surface area contributed by atoms with Crippen molar-refractivity contribution >= 4 is 34.6 Å². The average Bonchev–Trinajstić information content (AvgIpc) is 3.03. The number of amidine groups is 1. The summed E-state index contributed by atoms with van der Waals surface area (Å²) in [5, 5.41) is 9.65. The summed E-state index contributed by atoms with van der Waals surface area (Å²) in [4.78, 5) is 21.0. The molecule has 0 atom stereocenters. The van der Waals surface area contributed by atoms with Crippen LogP contribution in [0, 0.1) is 11.3 Å². The Hall–Kier alpha value is -3.24. The van der Waals surface area contributed by atoms with Crippen molar-refractivity contribution < 1.29 is 9.53 Å². The molecule has 2 aliphatic rings. The summed E-state index contributed by atoms with van der Waals surface area (Å²) in [5.74, 6) is 1.36. The van der Waals surface area contributed by atoms with E-state index in [1.54, 1.807) is 30.2 Å². The van der Waals surface area contributed by atoms with Gasteiger partial charge in [0.05, 0.1) is 24.6 Å². The third kappa shape index (κ3) is 3.39. The Morgan fingerprint density at radius 3 is 2.59 bits per heavy atom. The van der Waals surface area contributed by atoms with E-state index < -0.39 is 0 Å². The first-order chi connectivity index (χ1) is 13.2. The van der Waals surface area contributed by atoms with Gasteiger partial charge in [-0.2, -0.15) is 5.26 Å². The largest absolute Gasteiger partial charge is 0.497 e. The number of nitriles is 1. The lowest BCUT2D eigenvalue weighted by molar-refractivity contribution is -0.122. The number of benzene rings is 2. The van der Waals surface area contributed by atoms with E-state index in [0.717, 1.165) is 22.2 Å². The predicted octanol–water partition coefficient (Wildman–Crippen LogP) is 3.27. The summed E-state index contributed by atoms with van der Waals surface area (Å²) >= 11 is 1.53. The van der Waals surface area contributed by atoms with Crippen LogP contribution < -0.4 is 9.64 Å². The summed E-state index contributed by atoms with van der Waals surface area (Å²) in [6.45, 7) is 0.441. The monoisotopic (exact) mass is 376 g/mol. The van der Waals surface area contributed by atoms with Crippen LogP contribution in [0.1, 0.15) is 11.1 Å². The molecule has 1 amide bonds. The molecular formula is C20H16N4O2S. The van der Waals surface area contributed by atoms with E-state index in [0.29, 0.717) is 23.8 Å². The average molecular weight is 376 g/mol. The van der Waals surface area contributed by atoms with Crippen LogP contribution >= 0.6 is 11.8 Å². The number of hydrogen-bond donors (Lipinski definition) is 0. The van der Waals surface area contributed by atoms with E-state index in [4.69, 9.17) is 10.00 Å². The highest BCUT2D eigenvalue weighted by molar-refractivity contribution is 8.14. The molecule has 1 fully saturated rings. The van der Waals surface area contributed by atoms with Gasteiger partial charge < -0.3 is 9.64 Å². The summed E-state index contributed by atoms with van der Waals surface area (Å²) in [6.07, 6.45) is 1.79. The number of ether oxygens (including phenoxy) is 1. The van der Waals surface area contributed by atoms with E-state index in [-0.39, 0.29) is 5.91 Å². The number of nitrogens with zero attached hydrogens (tertiary/aromatic N) is 4. The van der Waals surface area contributed by atoms with Crippen LogP contribution in [0.2, 0.25) is 0 Å². The van der Waals surface area contributed by atoms with E-state index in [9.17, 15) is 4.79 Å². The zero-order valence-corrected chi connectivity index (χ0v) is 15.4. The van der Waals surface area contributed by atoms with Gasteiger partial charge in [0.1, 0.15) is 18.1 Å². The molecule has 0 spiro atoms. The molecule has 1 saturated heterocycles. The highest BCUT2D eigenvalue weighted by atomic mass is 32.2. The highest BCUT2D eigenvalue weighted by Crippen LogP contribution is 2.31. The molecule has 27 heavy (non-hydrogen) atoms. The molecular weight excluding hydrogens is 360 g/mol. The maximum Gasteiger partial charge on any atom is 0.280 e. The van der Waals surface area contributed by atoms with Crippen LogP contribution in [0.15, 0.2) is 59.2 Å². The van der Waals surface area contributed by atoms with Gasteiger partial charge in [0.15, 0.2) is 5.17 Å². The molecule has 2 aliphatic heterocycles. The minimum atomic E-state index is -0.105. The van der Waals surface area contributed by atoms with Gasteiger partial charge in [0.2, 0.25) is 0 Å². The number of rotatable bonds is 3. The van der Waals surface area contributed by atoms with Gasteiger partial charge in [0, 0.05) is 5.69 Å². The van der Waals surface area contributed by atoms with E-state index >= 15 is 0 Å². The van der Waals surface area contributed by atoms with E-state index in [2.05, 4.69) is 16.0 Å². The summed E-state index contributed by atoms with van der Waals surface area (Å²) < 4.78 is 5.16. The molecule has 6 nitrogen and oxygen atoms in total. The maximum absolute atomic E-state index is 12.8. The number of carbonyl (C=O) groups is 1. The minimum Gasteiger partial charge on any atom is -0.497 e. The molecule has 2 heterocycles. The zero-order valence-electron chi connectivity index (χ0n) is 14.6. The summed E-state index contributed by atoms with van der Waals surface area (Å²) in [5.41, 5.74) is 2.93. The molecule has 2 aromatic carbocycles. The molecule has 0 aromatic heterocycles. The molecule has 0 unspecified atom stereocenters. The molecule has 0 N–H and O–H groups in total. The van der Waals surface area contributed by atoms with E-state index in [1.807, 2.05) is 36.4 Å². The number of aliphatic imine (C=N–C) groups is 1. The van der Waals surface area contributed by atoms with Gasteiger partial charge in [-0.05, 0) is 48.0 Å². The fourth-order valence-electron chi connectivity index (χ4n) is 2.87. The van der Waals surface area contributed by atoms with Gasteiger partial charge in [-0.3, -0.25) is 9.69 Å². The van der Waals surface area contributed by atoms with Crippen LogP contribution in [0.4, 0.5) is 5.69 Å². The number of methoxy groups -OCH3 is 1. The van der Waals surface area contributed by atoms with Crippen molar-refractivity contribution in [3.05, 3.63) is 65.4 Å². The van der Waals surface area contributed by atoms with Crippen molar-refractivity contribution in [3.8, 4) is 11.8 Å². The maximum atomic E-state index is 12.8. The third-order valence-electron chi connectivity index (χ3n) is 4.35. The lowest BCUT2D eigenvalue weighted by atomic mass is 10.2. The molecule has 0 aliphatic carbocycles. The van der Waals surface area contributed by atoms with Crippen molar-refractivity contribution in [2.75, 3.05) is 24.6 Å². The Morgan fingerprint density at radius 1 is 1.19 bits per heavy atom. The van der Waals surface area contributed by atoms with Crippen LogP contribution in [0.3, 0.4) is 0 Å². The van der Waals surface area contributed by atoms with Gasteiger partial charge in [-0.1, -0.05) is 23.9 Å². The lowest BCUT2D eigenvalue weighted by Gasteiger charge is -2.34. The number of amides is 1. The van der Waals surface area contributed by atoms with Crippen LogP contribution in [0.5, 0.6) is 5.75 Å². The molecule has 4 rings (SSSR count). The van der Waals surface area contributed by atoms with Gasteiger partial charge in [-0.25, -0.2) is 4.99 Å². The van der Waals surface area contributed by atoms with Crippen molar-refractivity contribution in [3.63, 3.8) is 0 Å². The Labute approximate surface area is 161 Å². The quantitative estimate of drug-likeness (QED) is 0.769. The molecule has 2 aromatic rings. The number of thioether (sulfide) groups is 1. The first-order valence-electron chi connectivity index (χ1n) is 8.32. The molecule has 0 radical (unpaired) electrons. The Bertz CT molecular complexity index is 975. The second kappa shape index (κ2) is 7.17. The predicted molar refractivity (Wildman–Crippen MR) is 106 cm³/mol. The SMILES string of the molecule is COc1ccc(/C=C2\N=C3SCN(c4ccc(C#N)cc4)CN3C2=O)cc1. The second-order valence-electron chi connectivity index (χ2n) is 6.04. The molecule has 7 heteroatoms. The highest BCUT2D eigenvalue weighted by Gasteiger charge is 2.35.